The summed E-state index contributed by atoms with van der Waals surface area (Å²) in [6.07, 6.45) is 0. The van der Waals surface area contributed by atoms with E-state index in [1.165, 1.54) is 10.5 Å². The molecule has 1 saturated heterocycles. The number of amides is 1. The summed E-state index contributed by atoms with van der Waals surface area (Å²) in [5.74, 6) is -1.03. The molecule has 0 N–H and O–H groups in total. The number of alkyl halides is 2. The van der Waals surface area contributed by atoms with Crippen molar-refractivity contribution in [2.24, 2.45) is 0 Å². The topological polar surface area (TPSA) is 23.6 Å². The molecule has 0 bridgehead atoms. The summed E-state index contributed by atoms with van der Waals surface area (Å²) in [5.41, 5.74) is 1.19. The molecule has 0 atom stereocenters. The molecule has 0 saturated carbocycles. The number of nitrogens with zero attached hydrogens (tertiary/aromatic N) is 2. The van der Waals surface area contributed by atoms with Crippen LogP contribution in [-0.4, -0.2) is 61.7 Å². The van der Waals surface area contributed by atoms with Crippen molar-refractivity contribution in [1.29, 1.82) is 0 Å². The fourth-order valence-corrected chi connectivity index (χ4v) is 4.51. The normalized spacial score (nSPS) is 16.0. The van der Waals surface area contributed by atoms with E-state index in [0.717, 1.165) is 6.54 Å². The van der Waals surface area contributed by atoms with Crippen LogP contribution in [0, 0.1) is 0 Å². The number of benzene rings is 2. The Morgan fingerprint density at radius 2 is 1.48 bits per heavy atom. The van der Waals surface area contributed by atoms with Gasteiger partial charge in [0.15, 0.2) is 0 Å². The zero-order chi connectivity index (χ0) is 17.7. The van der Waals surface area contributed by atoms with E-state index < -0.39 is 25.7 Å². The average Bonchev–Trinajstić information content (AvgIpc) is 2.63. The molecule has 1 heterocycles. The molecule has 3 nitrogen and oxygen atoms in total. The van der Waals surface area contributed by atoms with Crippen molar-refractivity contribution in [3.8, 4) is 0 Å². The Morgan fingerprint density at radius 3 is 2.08 bits per heavy atom. The Kier molecular flexibility index (Phi) is 5.84. The maximum atomic E-state index is 14.4. The first-order chi connectivity index (χ1) is 12.0. The van der Waals surface area contributed by atoms with Crippen LogP contribution in [0.1, 0.15) is 5.56 Å². The van der Waals surface area contributed by atoms with Gasteiger partial charge in [-0.25, -0.2) is 0 Å². The van der Waals surface area contributed by atoms with E-state index in [0.29, 0.717) is 30.6 Å². The number of carbonyl (C=O) groups excluding carboxylic acids is 1. The van der Waals surface area contributed by atoms with E-state index in [-0.39, 0.29) is 0 Å². The van der Waals surface area contributed by atoms with Gasteiger partial charge in [0.25, 0.3) is 0 Å². The van der Waals surface area contributed by atoms with Crippen LogP contribution >= 0.6 is 0 Å². The number of hydrogen-bond donors (Lipinski definition) is 0. The van der Waals surface area contributed by atoms with Gasteiger partial charge in [-0.3, -0.25) is 0 Å². The third-order valence-corrected chi connectivity index (χ3v) is 6.12. The molecule has 2 aromatic rings. The predicted molar refractivity (Wildman–Crippen MR) is 95.1 cm³/mol. The predicted octanol–water partition coefficient (Wildman–Crippen LogP) is 1.95. The van der Waals surface area contributed by atoms with E-state index >= 15 is 0 Å². The molecule has 0 aromatic heterocycles. The Balaban J connectivity index is 1.54. The first kappa shape index (κ1) is 18.1. The molecule has 0 unspecified atom stereocenters. The van der Waals surface area contributed by atoms with Crippen LogP contribution in [0.15, 0.2) is 60.7 Å². The van der Waals surface area contributed by atoms with Gasteiger partial charge in [-0.05, 0) is 0 Å². The van der Waals surface area contributed by atoms with Crippen LogP contribution in [0.2, 0.25) is 0 Å². The summed E-state index contributed by atoms with van der Waals surface area (Å²) in [4.78, 5) is 12.5. The van der Waals surface area contributed by atoms with E-state index in [1.54, 1.807) is 30.3 Å². The molecule has 1 aliphatic heterocycles. The maximum absolute atomic E-state index is 14.4. The standard InChI is InChI=1S/C19H20F2N2OSe/c20-19(21,25-17-9-5-2-6-10-17)18(24)23-13-11-22(12-14-23)15-16-7-3-1-4-8-16/h1-10H,11-15H2. The zero-order valence-corrected chi connectivity index (χ0v) is 15.5. The average molecular weight is 409 g/mol. The molecule has 6 heteroatoms. The third kappa shape index (κ3) is 4.88. The second-order valence-electron chi connectivity index (χ2n) is 5.99. The van der Waals surface area contributed by atoms with E-state index in [9.17, 15) is 13.6 Å². The quantitative estimate of drug-likeness (QED) is 0.705. The van der Waals surface area contributed by atoms with Crippen LogP contribution in [0.4, 0.5) is 8.78 Å². The molecule has 1 aliphatic rings. The molecule has 0 radical (unpaired) electrons. The molecule has 2 aromatic carbocycles. The van der Waals surface area contributed by atoms with Crippen LogP contribution < -0.4 is 4.46 Å². The Morgan fingerprint density at radius 1 is 0.920 bits per heavy atom. The zero-order valence-electron chi connectivity index (χ0n) is 13.8. The van der Waals surface area contributed by atoms with Crippen molar-refractivity contribution >= 4 is 25.3 Å². The number of halogens is 2. The molecule has 1 amide bonds. The van der Waals surface area contributed by atoms with E-state index in [2.05, 4.69) is 4.90 Å². The SMILES string of the molecule is O=C(N1CCN(Cc2ccccc2)CC1)C(F)(F)[Se]c1ccccc1. The van der Waals surface area contributed by atoms with Gasteiger partial charge in [0, 0.05) is 0 Å². The van der Waals surface area contributed by atoms with Gasteiger partial charge in [-0.15, -0.1) is 0 Å². The number of carbonyl (C=O) groups is 1. The molecule has 132 valence electrons. The Bertz CT molecular complexity index is 689. The van der Waals surface area contributed by atoms with Gasteiger partial charge in [0.1, 0.15) is 0 Å². The summed E-state index contributed by atoms with van der Waals surface area (Å²) in [7, 11) is 0. The van der Waals surface area contributed by atoms with Crippen molar-refractivity contribution in [1.82, 2.24) is 9.80 Å². The van der Waals surface area contributed by atoms with Crippen LogP contribution in [-0.2, 0) is 11.3 Å². The van der Waals surface area contributed by atoms with Gasteiger partial charge in [-0.2, -0.15) is 0 Å². The number of hydrogen-bond acceptors (Lipinski definition) is 2. The minimum absolute atomic E-state index is 0.353. The van der Waals surface area contributed by atoms with Gasteiger partial charge < -0.3 is 0 Å². The fraction of sp³-hybridized carbons (Fsp3) is 0.316. The first-order valence-electron chi connectivity index (χ1n) is 8.22. The second kappa shape index (κ2) is 8.09. The summed E-state index contributed by atoms with van der Waals surface area (Å²) in [5, 5.41) is 0. The van der Waals surface area contributed by atoms with Crippen molar-refractivity contribution in [3.05, 3.63) is 66.2 Å². The Hall–Kier alpha value is -1.75. The van der Waals surface area contributed by atoms with Crippen LogP contribution in [0.25, 0.3) is 0 Å². The molecule has 0 aliphatic carbocycles. The van der Waals surface area contributed by atoms with Crippen molar-refractivity contribution in [3.63, 3.8) is 0 Å². The van der Waals surface area contributed by atoms with Gasteiger partial charge in [-0.1, -0.05) is 0 Å². The second-order valence-corrected chi connectivity index (χ2v) is 8.48. The van der Waals surface area contributed by atoms with Crippen molar-refractivity contribution < 1.29 is 13.6 Å². The van der Waals surface area contributed by atoms with Gasteiger partial charge >= 0.3 is 152 Å². The van der Waals surface area contributed by atoms with Gasteiger partial charge in [0.2, 0.25) is 0 Å². The molecule has 25 heavy (non-hydrogen) atoms. The summed E-state index contributed by atoms with van der Waals surface area (Å²) < 4.78 is 29.2. The third-order valence-electron chi connectivity index (χ3n) is 4.15. The molecular formula is C19H20F2N2OSe. The first-order valence-corrected chi connectivity index (χ1v) is 9.93. The fourth-order valence-electron chi connectivity index (χ4n) is 2.81. The molecule has 3 rings (SSSR count). The monoisotopic (exact) mass is 410 g/mol. The van der Waals surface area contributed by atoms with Crippen molar-refractivity contribution in [2.75, 3.05) is 26.2 Å². The summed E-state index contributed by atoms with van der Waals surface area (Å²) in [6.45, 7) is 2.73. The van der Waals surface area contributed by atoms with E-state index in [1.807, 2.05) is 30.3 Å². The number of rotatable bonds is 5. The molecule has 0 spiro atoms. The van der Waals surface area contributed by atoms with Crippen molar-refractivity contribution in [2.45, 2.75) is 11.4 Å². The van der Waals surface area contributed by atoms with Gasteiger partial charge in [0.05, 0.1) is 0 Å². The summed E-state index contributed by atoms with van der Waals surface area (Å²) in [6, 6.07) is 18.6. The van der Waals surface area contributed by atoms with Crippen LogP contribution in [0.5, 0.6) is 0 Å². The van der Waals surface area contributed by atoms with E-state index in [4.69, 9.17) is 0 Å². The Labute approximate surface area is 152 Å². The summed E-state index contributed by atoms with van der Waals surface area (Å²) >= 11 is -1.19. The minimum atomic E-state index is -3.30. The molecule has 1 fully saturated rings. The number of piperazine rings is 1. The van der Waals surface area contributed by atoms with Crippen LogP contribution in [0.3, 0.4) is 0 Å². The molecular weight excluding hydrogens is 389 g/mol.